The highest BCUT2D eigenvalue weighted by Gasteiger charge is 2.31. The third-order valence-electron chi connectivity index (χ3n) is 8.59. The number of fused-ring (bicyclic) bond motifs is 3. The number of aliphatic hydroxyl groups is 1. The second-order valence-electron chi connectivity index (χ2n) is 12.2. The van der Waals surface area contributed by atoms with Crippen molar-refractivity contribution in [3.63, 3.8) is 0 Å². The molecule has 0 aromatic heterocycles. The van der Waals surface area contributed by atoms with E-state index in [0.29, 0.717) is 42.3 Å². The van der Waals surface area contributed by atoms with Gasteiger partial charge in [0.1, 0.15) is 11.9 Å². The van der Waals surface area contributed by atoms with Crippen molar-refractivity contribution in [1.29, 1.82) is 0 Å². The third-order valence-corrected chi connectivity index (χ3v) is 8.59. The molecule has 3 atom stereocenters. The van der Waals surface area contributed by atoms with Crippen LogP contribution in [-0.4, -0.2) is 72.5 Å². The monoisotopic (exact) mass is 624 g/mol. The normalized spacial score (nSPS) is 18.3. The molecule has 0 bridgehead atoms. The van der Waals surface area contributed by atoms with Crippen molar-refractivity contribution in [2.24, 2.45) is 5.92 Å². The van der Waals surface area contributed by atoms with Gasteiger partial charge in [-0.25, -0.2) is 4.79 Å². The van der Waals surface area contributed by atoms with Gasteiger partial charge in [-0.05, 0) is 61.3 Å². The molecule has 46 heavy (non-hydrogen) atoms. The van der Waals surface area contributed by atoms with Gasteiger partial charge in [0.2, 0.25) is 12.7 Å². The molecule has 2 aliphatic heterocycles. The number of amides is 3. The summed E-state index contributed by atoms with van der Waals surface area (Å²) < 4.78 is 17.7. The van der Waals surface area contributed by atoms with Crippen molar-refractivity contribution < 1.29 is 28.9 Å². The zero-order valence-electron chi connectivity index (χ0n) is 26.4. The Morgan fingerprint density at radius 3 is 2.63 bits per heavy atom. The fourth-order valence-electron chi connectivity index (χ4n) is 6.07. The molecule has 4 aromatic carbocycles. The number of likely N-dealkylation sites (N-methyl/N-ethyl adjacent to an activating group) is 1. The first kappa shape index (κ1) is 31.2. The molecule has 0 saturated carbocycles. The number of anilines is 2. The Morgan fingerprint density at radius 1 is 1.00 bits per heavy atom. The molecule has 6 rings (SSSR count). The molecular weight excluding hydrogens is 584 g/mol. The van der Waals surface area contributed by atoms with Gasteiger partial charge < -0.3 is 34.9 Å². The van der Waals surface area contributed by atoms with Crippen molar-refractivity contribution in [2.45, 2.75) is 39.0 Å². The van der Waals surface area contributed by atoms with E-state index in [4.69, 9.17) is 14.2 Å². The zero-order chi connectivity index (χ0) is 32.2. The van der Waals surface area contributed by atoms with E-state index in [9.17, 15) is 14.7 Å². The maximum absolute atomic E-state index is 13.6. The van der Waals surface area contributed by atoms with E-state index in [1.54, 1.807) is 17.0 Å². The Hall–Kier alpha value is -4.80. The Kier molecular flexibility index (Phi) is 9.28. The summed E-state index contributed by atoms with van der Waals surface area (Å²) in [6, 6.07) is 24.2. The van der Waals surface area contributed by atoms with E-state index >= 15 is 0 Å². The highest BCUT2D eigenvalue weighted by molar-refractivity contribution is 6.06. The lowest BCUT2D eigenvalue weighted by Gasteiger charge is -2.34. The van der Waals surface area contributed by atoms with Crippen LogP contribution in [0, 0.1) is 5.92 Å². The third kappa shape index (κ3) is 7.03. The first-order valence-electron chi connectivity index (χ1n) is 15.6. The number of ether oxygens (including phenoxy) is 3. The number of carbonyl (C=O) groups is 2. The van der Waals surface area contributed by atoms with Crippen LogP contribution >= 0.6 is 0 Å². The fourth-order valence-corrected chi connectivity index (χ4v) is 6.07. The predicted octanol–water partition coefficient (Wildman–Crippen LogP) is 5.49. The van der Waals surface area contributed by atoms with E-state index in [1.165, 1.54) is 0 Å². The number of urea groups is 1. The van der Waals surface area contributed by atoms with Gasteiger partial charge in [-0.1, -0.05) is 49.4 Å². The topological polar surface area (TPSA) is 113 Å². The molecule has 2 heterocycles. The smallest absolute Gasteiger partial charge is 0.323 e. The molecule has 10 heteroatoms. The van der Waals surface area contributed by atoms with Gasteiger partial charge in [-0.2, -0.15) is 0 Å². The van der Waals surface area contributed by atoms with Crippen LogP contribution in [0.3, 0.4) is 0 Å². The van der Waals surface area contributed by atoms with E-state index in [2.05, 4.69) is 22.5 Å². The second-order valence-corrected chi connectivity index (χ2v) is 12.2. The predicted molar refractivity (Wildman–Crippen MR) is 177 cm³/mol. The summed E-state index contributed by atoms with van der Waals surface area (Å²) in [7, 11) is 2.04. The molecule has 0 unspecified atom stereocenters. The van der Waals surface area contributed by atoms with Gasteiger partial charge in [-0.15, -0.1) is 0 Å². The minimum Gasteiger partial charge on any atom is -0.488 e. The van der Waals surface area contributed by atoms with Gasteiger partial charge in [0.05, 0.1) is 24.8 Å². The van der Waals surface area contributed by atoms with Gasteiger partial charge >= 0.3 is 6.03 Å². The number of benzene rings is 4. The van der Waals surface area contributed by atoms with Crippen LogP contribution in [0.5, 0.6) is 17.2 Å². The van der Waals surface area contributed by atoms with E-state index < -0.39 is 6.03 Å². The lowest BCUT2D eigenvalue weighted by atomic mass is 10.0. The number of carbonyl (C=O) groups excluding carboxylic acids is 2. The van der Waals surface area contributed by atoms with Crippen molar-refractivity contribution in [2.75, 3.05) is 44.2 Å². The van der Waals surface area contributed by atoms with E-state index in [1.807, 2.05) is 80.7 Å². The van der Waals surface area contributed by atoms with Crippen molar-refractivity contribution >= 4 is 34.1 Å². The molecule has 3 N–H and O–H groups in total. The molecule has 4 aromatic rings. The molecule has 0 aliphatic carbocycles. The Morgan fingerprint density at radius 2 is 1.78 bits per heavy atom. The summed E-state index contributed by atoms with van der Waals surface area (Å²) in [5.41, 5.74) is 3.00. The molecule has 2 aliphatic rings. The zero-order valence-corrected chi connectivity index (χ0v) is 26.4. The van der Waals surface area contributed by atoms with Gasteiger partial charge in [-0.3, -0.25) is 9.69 Å². The first-order chi connectivity index (χ1) is 22.3. The lowest BCUT2D eigenvalue weighted by Crippen LogP contribution is -2.47. The number of hydrogen-bond acceptors (Lipinski definition) is 7. The summed E-state index contributed by atoms with van der Waals surface area (Å²) in [4.78, 5) is 30.6. The van der Waals surface area contributed by atoms with E-state index in [0.717, 1.165) is 27.8 Å². The molecule has 0 radical (unpaired) electrons. The van der Waals surface area contributed by atoms with E-state index in [-0.39, 0.29) is 43.8 Å². The molecule has 0 fully saturated rings. The lowest BCUT2D eigenvalue weighted by molar-refractivity contribution is -0.134. The molecule has 0 saturated heterocycles. The Balaban J connectivity index is 1.21. The molecular formula is C36H40N4O6. The average molecular weight is 625 g/mol. The number of rotatable bonds is 8. The summed E-state index contributed by atoms with van der Waals surface area (Å²) in [5, 5.41) is 17.8. The number of nitrogens with one attached hydrogen (secondary N) is 2. The Labute approximate surface area is 268 Å². The van der Waals surface area contributed by atoms with Gasteiger partial charge in [0.15, 0.2) is 11.5 Å². The highest BCUT2D eigenvalue weighted by Crippen LogP contribution is 2.33. The Bertz CT molecular complexity index is 1720. The van der Waals surface area contributed by atoms with Crippen LogP contribution in [-0.2, 0) is 17.8 Å². The second kappa shape index (κ2) is 13.7. The summed E-state index contributed by atoms with van der Waals surface area (Å²) in [5.74, 6) is 1.95. The summed E-state index contributed by atoms with van der Waals surface area (Å²) in [6.45, 7) is 5.71. The highest BCUT2D eigenvalue weighted by atomic mass is 16.7. The largest absolute Gasteiger partial charge is 0.488 e. The summed E-state index contributed by atoms with van der Waals surface area (Å²) in [6.07, 6.45) is -0.183. The summed E-state index contributed by atoms with van der Waals surface area (Å²) >= 11 is 0. The minimum absolute atomic E-state index is 0.0348. The standard InChI is InChI=1S/C36H40N4O6/c1-23-18-40(24(2)21-41)35(42)17-27-16-28(37-36(43)38-30-10-6-8-26-7-4-5-9-29(26)30)12-14-31(27)46-34(23)20-39(3)19-25-11-13-32-33(15-25)45-22-44-32/h4-16,23-24,34,41H,17-22H2,1-3H3,(H2,37,38,43)/t23-,24-,34-/m0/s1. The van der Waals surface area contributed by atoms with Crippen LogP contribution in [0.1, 0.15) is 25.0 Å². The quantitative estimate of drug-likeness (QED) is 0.238. The van der Waals surface area contributed by atoms with Crippen LogP contribution in [0.2, 0.25) is 0 Å². The maximum atomic E-state index is 13.6. The van der Waals surface area contributed by atoms with Crippen molar-refractivity contribution in [3.05, 3.63) is 90.0 Å². The number of nitrogens with zero attached hydrogens (tertiary/aromatic N) is 2. The molecule has 3 amide bonds. The SMILES string of the molecule is C[C@H]1CN([C@@H](C)CO)C(=O)Cc2cc(NC(=O)Nc3cccc4ccccc34)ccc2O[C@H]1CN(C)Cc1ccc2c(c1)OCO2. The van der Waals surface area contributed by atoms with Gasteiger partial charge in [0, 0.05) is 42.2 Å². The van der Waals surface area contributed by atoms with Crippen LogP contribution < -0.4 is 24.8 Å². The number of hydrogen-bond donors (Lipinski definition) is 3. The fraction of sp³-hybridized carbons (Fsp3) is 0.333. The van der Waals surface area contributed by atoms with Crippen molar-refractivity contribution in [3.8, 4) is 17.2 Å². The minimum atomic E-state index is -0.390. The van der Waals surface area contributed by atoms with Crippen LogP contribution in [0.4, 0.5) is 16.2 Å². The molecule has 240 valence electrons. The van der Waals surface area contributed by atoms with Gasteiger partial charge in [0.25, 0.3) is 0 Å². The first-order valence-corrected chi connectivity index (χ1v) is 15.6. The number of aliphatic hydroxyl groups excluding tert-OH is 1. The molecule has 10 nitrogen and oxygen atoms in total. The van der Waals surface area contributed by atoms with Crippen LogP contribution in [0.25, 0.3) is 10.8 Å². The maximum Gasteiger partial charge on any atom is 0.323 e. The van der Waals surface area contributed by atoms with Crippen molar-refractivity contribution in [1.82, 2.24) is 9.80 Å². The average Bonchev–Trinajstić information content (AvgIpc) is 3.53. The van der Waals surface area contributed by atoms with Crippen LogP contribution in [0.15, 0.2) is 78.9 Å². The molecule has 0 spiro atoms.